The highest BCUT2D eigenvalue weighted by molar-refractivity contribution is 9.10. The van der Waals surface area contributed by atoms with Crippen LogP contribution in [0.4, 0.5) is 5.69 Å². The zero-order chi connectivity index (χ0) is 13.4. The molecule has 0 radical (unpaired) electrons. The van der Waals surface area contributed by atoms with Gasteiger partial charge in [0.1, 0.15) is 0 Å². The Morgan fingerprint density at radius 3 is 2.63 bits per heavy atom. The Balaban J connectivity index is 1.78. The van der Waals surface area contributed by atoms with E-state index < -0.39 is 5.97 Å². The van der Waals surface area contributed by atoms with Crippen molar-refractivity contribution in [2.45, 2.75) is 18.9 Å². The molecule has 1 atom stereocenters. The molecule has 0 aliphatic carbocycles. The Kier molecular flexibility index (Phi) is 3.50. The highest BCUT2D eigenvalue weighted by atomic mass is 79.9. The predicted octanol–water partition coefficient (Wildman–Crippen LogP) is 2.65. The van der Waals surface area contributed by atoms with Gasteiger partial charge < -0.3 is 15.3 Å². The molecular weight excluding hydrogens is 308 g/mol. The van der Waals surface area contributed by atoms with Gasteiger partial charge in [0.15, 0.2) is 0 Å². The quantitative estimate of drug-likeness (QED) is 0.897. The van der Waals surface area contributed by atoms with Crippen LogP contribution in [0.15, 0.2) is 22.7 Å². The number of carbonyl (C=O) groups is 1. The zero-order valence-corrected chi connectivity index (χ0v) is 12.2. The van der Waals surface area contributed by atoms with E-state index in [0.717, 1.165) is 22.6 Å². The molecule has 2 N–H and O–H groups in total. The number of rotatable bonds is 3. The van der Waals surface area contributed by atoms with Crippen molar-refractivity contribution in [3.05, 3.63) is 28.2 Å². The van der Waals surface area contributed by atoms with E-state index in [1.807, 2.05) is 6.07 Å². The van der Waals surface area contributed by atoms with E-state index in [2.05, 4.69) is 26.1 Å². The summed E-state index contributed by atoms with van der Waals surface area (Å²) in [5.74, 6) is -0.171. The molecule has 3 aliphatic rings. The van der Waals surface area contributed by atoms with Gasteiger partial charge in [0.2, 0.25) is 0 Å². The van der Waals surface area contributed by atoms with Crippen LogP contribution in [0.2, 0.25) is 0 Å². The highest BCUT2D eigenvalue weighted by Crippen LogP contribution is 2.30. The predicted molar refractivity (Wildman–Crippen MR) is 77.7 cm³/mol. The van der Waals surface area contributed by atoms with Crippen molar-refractivity contribution < 1.29 is 9.90 Å². The molecule has 3 aliphatic heterocycles. The van der Waals surface area contributed by atoms with Gasteiger partial charge in [-0.05, 0) is 50.0 Å². The lowest BCUT2D eigenvalue weighted by molar-refractivity contribution is 0.0697. The van der Waals surface area contributed by atoms with E-state index >= 15 is 0 Å². The fourth-order valence-corrected chi connectivity index (χ4v) is 3.63. The van der Waals surface area contributed by atoms with Gasteiger partial charge in [0.05, 0.1) is 5.56 Å². The van der Waals surface area contributed by atoms with Crippen molar-refractivity contribution in [3.63, 3.8) is 0 Å². The molecule has 3 heterocycles. The van der Waals surface area contributed by atoms with Crippen LogP contribution in [-0.2, 0) is 0 Å². The van der Waals surface area contributed by atoms with Crippen molar-refractivity contribution in [1.29, 1.82) is 0 Å². The van der Waals surface area contributed by atoms with E-state index in [1.165, 1.54) is 25.9 Å². The van der Waals surface area contributed by atoms with E-state index in [4.69, 9.17) is 5.11 Å². The van der Waals surface area contributed by atoms with Crippen LogP contribution in [0.25, 0.3) is 0 Å². The molecule has 4 rings (SSSR count). The van der Waals surface area contributed by atoms with Crippen molar-refractivity contribution in [2.75, 3.05) is 25.0 Å². The van der Waals surface area contributed by atoms with Crippen molar-refractivity contribution >= 4 is 27.6 Å². The molecule has 1 unspecified atom stereocenters. The third-order valence-electron chi connectivity index (χ3n) is 4.15. The minimum Gasteiger partial charge on any atom is -0.478 e. The Bertz CT molecular complexity index is 498. The molecule has 3 saturated heterocycles. The second kappa shape index (κ2) is 5.13. The number of carboxylic acid groups (broad SMARTS) is 1. The molecule has 0 amide bonds. The van der Waals surface area contributed by atoms with Crippen LogP contribution >= 0.6 is 15.9 Å². The van der Waals surface area contributed by atoms with Gasteiger partial charge in [-0.3, -0.25) is 0 Å². The molecule has 19 heavy (non-hydrogen) atoms. The van der Waals surface area contributed by atoms with Gasteiger partial charge in [0, 0.05) is 22.7 Å². The number of carboxylic acids is 1. The lowest BCUT2D eigenvalue weighted by atomic mass is 9.84. The monoisotopic (exact) mass is 324 g/mol. The average Bonchev–Trinajstić information content (AvgIpc) is 2.39. The normalized spacial score (nSPS) is 29.2. The number of anilines is 1. The number of nitrogens with zero attached hydrogens (tertiary/aromatic N) is 1. The number of halogens is 1. The lowest BCUT2D eigenvalue weighted by Crippen LogP contribution is -2.53. The van der Waals surface area contributed by atoms with Crippen LogP contribution in [0.5, 0.6) is 0 Å². The van der Waals surface area contributed by atoms with Crippen LogP contribution in [0.3, 0.4) is 0 Å². The Morgan fingerprint density at radius 1 is 1.32 bits per heavy atom. The van der Waals surface area contributed by atoms with Crippen LogP contribution in [-0.4, -0.2) is 41.7 Å². The molecule has 4 nitrogen and oxygen atoms in total. The summed E-state index contributed by atoms with van der Waals surface area (Å²) in [4.78, 5) is 13.5. The SMILES string of the molecule is O=C(O)c1cc(Br)cc(NC2CN3CCC2CC3)c1. The van der Waals surface area contributed by atoms with E-state index in [0.29, 0.717) is 11.6 Å². The molecule has 5 heteroatoms. The number of piperidine rings is 3. The van der Waals surface area contributed by atoms with E-state index in [9.17, 15) is 4.79 Å². The first kappa shape index (κ1) is 12.9. The van der Waals surface area contributed by atoms with Crippen molar-refractivity contribution in [2.24, 2.45) is 5.92 Å². The van der Waals surface area contributed by atoms with Crippen LogP contribution < -0.4 is 5.32 Å². The third-order valence-corrected chi connectivity index (χ3v) is 4.61. The molecule has 102 valence electrons. The minimum absolute atomic E-state index is 0.318. The third kappa shape index (κ3) is 2.77. The summed E-state index contributed by atoms with van der Waals surface area (Å²) >= 11 is 3.37. The summed E-state index contributed by atoms with van der Waals surface area (Å²) in [6.45, 7) is 3.49. The van der Waals surface area contributed by atoms with E-state index in [-0.39, 0.29) is 0 Å². The first-order valence-electron chi connectivity index (χ1n) is 6.64. The first-order chi connectivity index (χ1) is 9.11. The lowest BCUT2D eigenvalue weighted by Gasteiger charge is -2.45. The van der Waals surface area contributed by atoms with Gasteiger partial charge in [-0.1, -0.05) is 15.9 Å². The molecule has 0 spiro atoms. The number of hydrogen-bond donors (Lipinski definition) is 2. The minimum atomic E-state index is -0.890. The van der Waals surface area contributed by atoms with Gasteiger partial charge in [-0.2, -0.15) is 0 Å². The number of nitrogens with one attached hydrogen (secondary N) is 1. The maximum atomic E-state index is 11.1. The molecule has 1 aromatic rings. The summed E-state index contributed by atoms with van der Waals surface area (Å²) in [6.07, 6.45) is 2.49. The summed E-state index contributed by atoms with van der Waals surface area (Å²) in [7, 11) is 0. The highest BCUT2D eigenvalue weighted by Gasteiger charge is 2.33. The fourth-order valence-electron chi connectivity index (χ4n) is 3.14. The summed E-state index contributed by atoms with van der Waals surface area (Å²) < 4.78 is 0.802. The largest absolute Gasteiger partial charge is 0.478 e. The van der Waals surface area contributed by atoms with Gasteiger partial charge >= 0.3 is 5.97 Å². The topological polar surface area (TPSA) is 52.6 Å². The van der Waals surface area contributed by atoms with Crippen LogP contribution in [0, 0.1) is 5.92 Å². The Labute approximate surface area is 120 Å². The number of benzene rings is 1. The number of fused-ring (bicyclic) bond motifs is 3. The second-order valence-corrected chi connectivity index (χ2v) is 6.34. The van der Waals surface area contributed by atoms with Gasteiger partial charge in [0.25, 0.3) is 0 Å². The summed E-state index contributed by atoms with van der Waals surface area (Å²) in [5.41, 5.74) is 1.21. The molecule has 2 bridgehead atoms. The van der Waals surface area contributed by atoms with Crippen molar-refractivity contribution in [1.82, 2.24) is 4.90 Å². The second-order valence-electron chi connectivity index (χ2n) is 5.42. The molecular formula is C14H17BrN2O2. The average molecular weight is 325 g/mol. The maximum absolute atomic E-state index is 11.1. The molecule has 3 fully saturated rings. The number of aromatic carboxylic acids is 1. The first-order valence-corrected chi connectivity index (χ1v) is 7.44. The molecule has 0 aromatic heterocycles. The number of hydrogen-bond acceptors (Lipinski definition) is 3. The van der Waals surface area contributed by atoms with E-state index in [1.54, 1.807) is 12.1 Å². The summed E-state index contributed by atoms with van der Waals surface area (Å²) in [6, 6.07) is 5.73. The zero-order valence-electron chi connectivity index (χ0n) is 10.6. The Morgan fingerprint density at radius 2 is 2.05 bits per heavy atom. The van der Waals surface area contributed by atoms with Gasteiger partial charge in [-0.15, -0.1) is 0 Å². The van der Waals surface area contributed by atoms with Crippen LogP contribution in [0.1, 0.15) is 23.2 Å². The molecule has 1 aromatic carbocycles. The fraction of sp³-hybridized carbons (Fsp3) is 0.500. The molecule has 0 saturated carbocycles. The summed E-state index contributed by atoms with van der Waals surface area (Å²) in [5, 5.41) is 12.6. The maximum Gasteiger partial charge on any atom is 0.335 e. The van der Waals surface area contributed by atoms with Gasteiger partial charge in [-0.25, -0.2) is 4.79 Å². The smallest absolute Gasteiger partial charge is 0.335 e. The van der Waals surface area contributed by atoms with Crippen molar-refractivity contribution in [3.8, 4) is 0 Å². The standard InChI is InChI=1S/C14H17BrN2O2/c15-11-5-10(14(18)19)6-12(7-11)16-13-8-17-3-1-9(13)2-4-17/h5-7,9,13,16H,1-4,8H2,(H,18,19). The Hall–Kier alpha value is -1.07.